The van der Waals surface area contributed by atoms with Crippen LogP contribution in [0.25, 0.3) is 0 Å². The fourth-order valence-electron chi connectivity index (χ4n) is 2.03. The van der Waals surface area contributed by atoms with Crippen molar-refractivity contribution in [2.24, 2.45) is 5.92 Å². The average molecular weight is 241 g/mol. The summed E-state index contributed by atoms with van der Waals surface area (Å²) in [4.78, 5) is 5.24. The molecule has 2 nitrogen and oxygen atoms in total. The molecule has 1 N–H and O–H groups in total. The lowest BCUT2D eigenvalue weighted by molar-refractivity contribution is 0.141. The number of unbranched alkanes of at least 4 members (excludes halogenated alkanes) is 1. The predicted octanol–water partition coefficient (Wildman–Crippen LogP) is 4.09. The lowest BCUT2D eigenvalue weighted by Gasteiger charge is -2.18. The Kier molecular flexibility index (Phi) is 5.99. The van der Waals surface area contributed by atoms with Crippen molar-refractivity contribution in [3.63, 3.8) is 0 Å². The molecule has 2 atom stereocenters. The molecule has 92 valence electrons. The summed E-state index contributed by atoms with van der Waals surface area (Å²) in [6.07, 6.45) is 5.49. The molecule has 1 aromatic rings. The van der Waals surface area contributed by atoms with E-state index in [4.69, 9.17) is 0 Å². The summed E-state index contributed by atoms with van der Waals surface area (Å²) < 4.78 is 0. The molecule has 0 aliphatic rings. The highest BCUT2D eigenvalue weighted by Crippen LogP contribution is 2.30. The number of thiazole rings is 1. The smallest absolute Gasteiger partial charge is 0.0903 e. The van der Waals surface area contributed by atoms with Gasteiger partial charge < -0.3 is 5.11 Å². The third-order valence-corrected chi connectivity index (χ3v) is 4.22. The Balaban J connectivity index is 2.48. The Morgan fingerprint density at radius 1 is 1.44 bits per heavy atom. The van der Waals surface area contributed by atoms with Gasteiger partial charge in [-0.2, -0.15) is 0 Å². The molecule has 0 aromatic carbocycles. The topological polar surface area (TPSA) is 33.1 Å². The molecule has 1 heterocycles. The van der Waals surface area contributed by atoms with E-state index < -0.39 is 0 Å². The van der Waals surface area contributed by atoms with Gasteiger partial charge in [0.1, 0.15) is 0 Å². The van der Waals surface area contributed by atoms with Gasteiger partial charge in [0.05, 0.1) is 22.2 Å². The SMILES string of the molecule is CCCCC(CC)CC(O)c1scnc1C. The van der Waals surface area contributed by atoms with Crippen LogP contribution >= 0.6 is 11.3 Å². The Hall–Kier alpha value is -0.410. The standard InChI is InChI=1S/C13H23NOS/c1-4-6-7-11(5-2)8-12(15)13-10(3)14-9-16-13/h9,11-12,15H,4-8H2,1-3H3. The summed E-state index contributed by atoms with van der Waals surface area (Å²) in [6, 6.07) is 0. The van der Waals surface area contributed by atoms with Crippen LogP contribution < -0.4 is 0 Å². The van der Waals surface area contributed by atoms with Gasteiger partial charge in [-0.15, -0.1) is 11.3 Å². The fraction of sp³-hybridized carbons (Fsp3) is 0.769. The number of aliphatic hydroxyl groups excluding tert-OH is 1. The highest BCUT2D eigenvalue weighted by molar-refractivity contribution is 7.09. The molecule has 0 aliphatic carbocycles. The molecule has 0 radical (unpaired) electrons. The quantitative estimate of drug-likeness (QED) is 0.780. The molecular weight excluding hydrogens is 218 g/mol. The van der Waals surface area contributed by atoms with E-state index >= 15 is 0 Å². The molecule has 0 bridgehead atoms. The van der Waals surface area contributed by atoms with Crippen LogP contribution in [0.15, 0.2) is 5.51 Å². The fourth-order valence-corrected chi connectivity index (χ4v) is 2.84. The van der Waals surface area contributed by atoms with Gasteiger partial charge in [-0.05, 0) is 19.3 Å². The van der Waals surface area contributed by atoms with Gasteiger partial charge >= 0.3 is 0 Å². The van der Waals surface area contributed by atoms with Crippen molar-refractivity contribution >= 4 is 11.3 Å². The van der Waals surface area contributed by atoms with Crippen molar-refractivity contribution in [2.75, 3.05) is 0 Å². The van der Waals surface area contributed by atoms with E-state index in [1.807, 2.05) is 12.4 Å². The molecule has 0 saturated heterocycles. The number of nitrogens with zero attached hydrogens (tertiary/aromatic N) is 1. The van der Waals surface area contributed by atoms with Crippen LogP contribution in [-0.4, -0.2) is 10.1 Å². The number of aliphatic hydroxyl groups is 1. The minimum absolute atomic E-state index is 0.311. The van der Waals surface area contributed by atoms with Crippen molar-refractivity contribution < 1.29 is 5.11 Å². The van der Waals surface area contributed by atoms with Crippen LogP contribution in [0.4, 0.5) is 0 Å². The summed E-state index contributed by atoms with van der Waals surface area (Å²) >= 11 is 1.57. The normalized spacial score (nSPS) is 15.0. The highest BCUT2D eigenvalue weighted by Gasteiger charge is 2.17. The Morgan fingerprint density at radius 2 is 2.19 bits per heavy atom. The van der Waals surface area contributed by atoms with Crippen LogP contribution in [0.3, 0.4) is 0 Å². The highest BCUT2D eigenvalue weighted by atomic mass is 32.1. The first-order valence-electron chi connectivity index (χ1n) is 6.27. The Labute approximate surface area is 103 Å². The molecule has 0 fully saturated rings. The predicted molar refractivity (Wildman–Crippen MR) is 69.7 cm³/mol. The van der Waals surface area contributed by atoms with Crippen LogP contribution in [0.2, 0.25) is 0 Å². The van der Waals surface area contributed by atoms with E-state index in [1.165, 1.54) is 19.3 Å². The third kappa shape index (κ3) is 3.87. The molecule has 0 amide bonds. The first-order valence-corrected chi connectivity index (χ1v) is 7.15. The number of hydrogen-bond acceptors (Lipinski definition) is 3. The monoisotopic (exact) mass is 241 g/mol. The molecular formula is C13H23NOS. The summed E-state index contributed by atoms with van der Waals surface area (Å²) in [5, 5.41) is 10.2. The van der Waals surface area contributed by atoms with E-state index in [-0.39, 0.29) is 6.10 Å². The minimum atomic E-state index is -0.311. The summed E-state index contributed by atoms with van der Waals surface area (Å²) in [5.41, 5.74) is 2.81. The zero-order chi connectivity index (χ0) is 12.0. The summed E-state index contributed by atoms with van der Waals surface area (Å²) in [7, 11) is 0. The first-order chi connectivity index (χ1) is 7.69. The van der Waals surface area contributed by atoms with E-state index in [0.29, 0.717) is 5.92 Å². The number of aromatic nitrogens is 1. The van der Waals surface area contributed by atoms with Crippen LogP contribution in [0.5, 0.6) is 0 Å². The van der Waals surface area contributed by atoms with Crippen LogP contribution in [0.1, 0.15) is 62.6 Å². The lowest BCUT2D eigenvalue weighted by atomic mass is 9.92. The van der Waals surface area contributed by atoms with Crippen molar-refractivity contribution in [1.82, 2.24) is 4.98 Å². The summed E-state index contributed by atoms with van der Waals surface area (Å²) in [6.45, 7) is 6.41. The second-order valence-electron chi connectivity index (χ2n) is 4.47. The van der Waals surface area contributed by atoms with Gasteiger partial charge in [-0.25, -0.2) is 4.98 Å². The average Bonchev–Trinajstić information content (AvgIpc) is 2.70. The maximum atomic E-state index is 10.2. The van der Waals surface area contributed by atoms with Gasteiger partial charge in [0.2, 0.25) is 0 Å². The minimum Gasteiger partial charge on any atom is -0.387 e. The second-order valence-corrected chi connectivity index (χ2v) is 5.36. The third-order valence-electron chi connectivity index (χ3n) is 3.19. The molecule has 1 aromatic heterocycles. The van der Waals surface area contributed by atoms with Gasteiger partial charge in [-0.3, -0.25) is 0 Å². The van der Waals surface area contributed by atoms with Gasteiger partial charge in [0, 0.05) is 0 Å². The molecule has 0 saturated carbocycles. The zero-order valence-corrected chi connectivity index (χ0v) is 11.4. The number of hydrogen-bond donors (Lipinski definition) is 1. The van der Waals surface area contributed by atoms with Gasteiger partial charge in [-0.1, -0.05) is 39.5 Å². The van der Waals surface area contributed by atoms with Gasteiger partial charge in [0.15, 0.2) is 0 Å². The van der Waals surface area contributed by atoms with E-state index in [1.54, 1.807) is 11.3 Å². The largest absolute Gasteiger partial charge is 0.387 e. The van der Waals surface area contributed by atoms with Crippen LogP contribution in [0, 0.1) is 12.8 Å². The molecule has 3 heteroatoms. The Bertz CT molecular complexity index is 298. The van der Waals surface area contributed by atoms with Crippen LogP contribution in [-0.2, 0) is 0 Å². The maximum Gasteiger partial charge on any atom is 0.0903 e. The van der Waals surface area contributed by atoms with Crippen molar-refractivity contribution in [3.8, 4) is 0 Å². The Morgan fingerprint density at radius 3 is 2.69 bits per heavy atom. The molecule has 0 spiro atoms. The van der Waals surface area contributed by atoms with E-state index in [2.05, 4.69) is 18.8 Å². The zero-order valence-electron chi connectivity index (χ0n) is 10.6. The maximum absolute atomic E-state index is 10.2. The van der Waals surface area contributed by atoms with E-state index in [0.717, 1.165) is 23.4 Å². The summed E-state index contributed by atoms with van der Waals surface area (Å²) in [5.74, 6) is 0.649. The molecule has 2 unspecified atom stereocenters. The molecule has 16 heavy (non-hydrogen) atoms. The first kappa shape index (κ1) is 13.7. The van der Waals surface area contributed by atoms with Crippen molar-refractivity contribution in [2.45, 2.75) is 59.0 Å². The van der Waals surface area contributed by atoms with Crippen molar-refractivity contribution in [3.05, 3.63) is 16.1 Å². The number of aryl methyl sites for hydroxylation is 1. The van der Waals surface area contributed by atoms with Gasteiger partial charge in [0.25, 0.3) is 0 Å². The lowest BCUT2D eigenvalue weighted by Crippen LogP contribution is -2.07. The second kappa shape index (κ2) is 7.02. The molecule has 0 aliphatic heterocycles. The molecule has 1 rings (SSSR count). The van der Waals surface area contributed by atoms with Crippen molar-refractivity contribution in [1.29, 1.82) is 0 Å². The number of rotatable bonds is 7. The van der Waals surface area contributed by atoms with E-state index in [9.17, 15) is 5.11 Å².